The van der Waals surface area contributed by atoms with Gasteiger partial charge in [0.1, 0.15) is 22.8 Å². The molecule has 7 heteroatoms. The minimum atomic E-state index is -4.50. The molecule has 1 saturated carbocycles. The molecule has 0 heterocycles. The summed E-state index contributed by atoms with van der Waals surface area (Å²) in [5.41, 5.74) is -2.21. The fourth-order valence-electron chi connectivity index (χ4n) is 2.77. The average molecular weight is 379 g/mol. The van der Waals surface area contributed by atoms with E-state index in [9.17, 15) is 18.0 Å². The van der Waals surface area contributed by atoms with Gasteiger partial charge in [0.25, 0.3) is 5.91 Å². The number of ether oxygens (including phenoxy) is 2. The summed E-state index contributed by atoms with van der Waals surface area (Å²) in [4.78, 5) is 12.0. The Morgan fingerprint density at radius 1 is 1.00 bits per heavy atom. The van der Waals surface area contributed by atoms with E-state index in [1.807, 2.05) is 30.3 Å². The van der Waals surface area contributed by atoms with Gasteiger partial charge in [-0.2, -0.15) is 13.2 Å². The first-order valence-corrected chi connectivity index (χ1v) is 8.61. The van der Waals surface area contributed by atoms with Crippen molar-refractivity contribution < 1.29 is 27.4 Å². The van der Waals surface area contributed by atoms with Crippen molar-refractivity contribution >= 4 is 5.91 Å². The molecule has 0 spiro atoms. The van der Waals surface area contributed by atoms with E-state index in [2.05, 4.69) is 5.32 Å². The minimum absolute atomic E-state index is 0.366. The summed E-state index contributed by atoms with van der Waals surface area (Å²) < 4.78 is 50.8. The molecular weight excluding hydrogens is 359 g/mol. The highest BCUT2D eigenvalue weighted by atomic mass is 19.4. The van der Waals surface area contributed by atoms with Gasteiger partial charge in [0.2, 0.25) is 0 Å². The Kier molecular flexibility index (Phi) is 5.30. The number of para-hydroxylation sites is 1. The van der Waals surface area contributed by atoms with Gasteiger partial charge in [-0.25, -0.2) is 0 Å². The van der Waals surface area contributed by atoms with Crippen molar-refractivity contribution in [2.75, 3.05) is 6.61 Å². The standard InChI is InChI=1S/C20H20F3NO3/c1-19(14-7-8-14,20(21,22)23)24-18(25)13-26-15-9-11-17(12-10-15)27-16-5-3-2-4-6-16/h2-6,9-12,14H,7-8,13H2,1H3,(H,24,25)/t19-/m1/s1. The molecule has 1 atom stereocenters. The van der Waals surface area contributed by atoms with E-state index in [1.165, 1.54) is 0 Å². The van der Waals surface area contributed by atoms with E-state index >= 15 is 0 Å². The second-order valence-electron chi connectivity index (χ2n) is 6.70. The lowest BCUT2D eigenvalue weighted by atomic mass is 9.95. The second-order valence-corrected chi connectivity index (χ2v) is 6.70. The van der Waals surface area contributed by atoms with Gasteiger partial charge in [-0.1, -0.05) is 18.2 Å². The Morgan fingerprint density at radius 3 is 2.11 bits per heavy atom. The maximum atomic E-state index is 13.3. The Labute approximate surface area is 155 Å². The molecule has 2 aromatic rings. The van der Waals surface area contributed by atoms with Gasteiger partial charge >= 0.3 is 6.18 Å². The summed E-state index contributed by atoms with van der Waals surface area (Å²) in [7, 11) is 0. The maximum Gasteiger partial charge on any atom is 0.411 e. The number of hydrogen-bond acceptors (Lipinski definition) is 3. The van der Waals surface area contributed by atoms with Crippen LogP contribution in [0.5, 0.6) is 17.2 Å². The fraction of sp³-hybridized carbons (Fsp3) is 0.350. The van der Waals surface area contributed by atoms with Crippen molar-refractivity contribution in [2.24, 2.45) is 5.92 Å². The molecule has 27 heavy (non-hydrogen) atoms. The molecule has 4 nitrogen and oxygen atoms in total. The van der Waals surface area contributed by atoms with Crippen LogP contribution in [0.15, 0.2) is 54.6 Å². The van der Waals surface area contributed by atoms with Crippen LogP contribution in [0.1, 0.15) is 19.8 Å². The molecule has 0 unspecified atom stereocenters. The van der Waals surface area contributed by atoms with Crippen molar-refractivity contribution in [3.05, 3.63) is 54.6 Å². The fourth-order valence-corrected chi connectivity index (χ4v) is 2.77. The Bertz CT molecular complexity index is 773. The maximum absolute atomic E-state index is 13.3. The summed E-state index contributed by atoms with van der Waals surface area (Å²) in [5.74, 6) is 0.251. The second kappa shape index (κ2) is 7.50. The van der Waals surface area contributed by atoms with Crippen LogP contribution in [0.3, 0.4) is 0 Å². The van der Waals surface area contributed by atoms with Gasteiger partial charge in [-0.3, -0.25) is 4.79 Å². The Balaban J connectivity index is 1.53. The summed E-state index contributed by atoms with van der Waals surface area (Å²) >= 11 is 0. The van der Waals surface area contributed by atoms with Crippen LogP contribution >= 0.6 is 0 Å². The predicted octanol–water partition coefficient (Wildman–Crippen LogP) is 4.70. The van der Waals surface area contributed by atoms with E-state index in [0.29, 0.717) is 30.1 Å². The van der Waals surface area contributed by atoms with Gasteiger partial charge in [-0.05, 0) is 62.1 Å². The molecule has 2 aromatic carbocycles. The normalized spacial score (nSPS) is 16.3. The largest absolute Gasteiger partial charge is 0.484 e. The molecule has 0 bridgehead atoms. The molecule has 1 aliphatic rings. The third kappa shape index (κ3) is 4.72. The number of rotatable bonds is 7. The number of carbonyl (C=O) groups is 1. The highest BCUT2D eigenvalue weighted by Gasteiger charge is 2.60. The quantitative estimate of drug-likeness (QED) is 0.758. The lowest BCUT2D eigenvalue weighted by molar-refractivity contribution is -0.199. The molecule has 0 aliphatic heterocycles. The minimum Gasteiger partial charge on any atom is -0.484 e. The first-order chi connectivity index (χ1) is 12.8. The van der Waals surface area contributed by atoms with Crippen LogP contribution in [-0.4, -0.2) is 24.2 Å². The monoisotopic (exact) mass is 379 g/mol. The van der Waals surface area contributed by atoms with Crippen molar-refractivity contribution in [3.63, 3.8) is 0 Å². The van der Waals surface area contributed by atoms with E-state index in [-0.39, 0.29) is 0 Å². The van der Waals surface area contributed by atoms with Gasteiger partial charge in [-0.15, -0.1) is 0 Å². The number of amides is 1. The van der Waals surface area contributed by atoms with Crippen LogP contribution < -0.4 is 14.8 Å². The molecular formula is C20H20F3NO3. The highest BCUT2D eigenvalue weighted by Crippen LogP contribution is 2.47. The van der Waals surface area contributed by atoms with Gasteiger partial charge in [0.15, 0.2) is 6.61 Å². The lowest BCUT2D eigenvalue weighted by Gasteiger charge is -2.33. The SMILES string of the molecule is C[C@@](NC(=O)COc1ccc(Oc2ccccc2)cc1)(C1CC1)C(F)(F)F. The van der Waals surface area contributed by atoms with Crippen molar-refractivity contribution in [1.29, 1.82) is 0 Å². The Hall–Kier alpha value is -2.70. The predicted molar refractivity (Wildman–Crippen MR) is 93.8 cm³/mol. The number of alkyl halides is 3. The molecule has 1 amide bonds. The number of hydrogen-bond donors (Lipinski definition) is 1. The van der Waals surface area contributed by atoms with Gasteiger partial charge in [0, 0.05) is 0 Å². The van der Waals surface area contributed by atoms with Gasteiger partial charge < -0.3 is 14.8 Å². The molecule has 144 valence electrons. The summed E-state index contributed by atoms with van der Waals surface area (Å²) in [6.45, 7) is 0.537. The molecule has 1 fully saturated rings. The zero-order valence-electron chi connectivity index (χ0n) is 14.8. The third-order valence-electron chi connectivity index (χ3n) is 4.55. The van der Waals surface area contributed by atoms with Crippen LogP contribution in [0, 0.1) is 5.92 Å². The molecule has 1 aliphatic carbocycles. The summed E-state index contributed by atoms with van der Waals surface area (Å²) in [6.07, 6.45) is -3.58. The average Bonchev–Trinajstić information content (AvgIpc) is 3.46. The first kappa shape index (κ1) is 19.1. The Morgan fingerprint density at radius 2 is 1.56 bits per heavy atom. The van der Waals surface area contributed by atoms with Crippen molar-refractivity contribution in [2.45, 2.75) is 31.5 Å². The smallest absolute Gasteiger partial charge is 0.411 e. The zero-order chi connectivity index (χ0) is 19.5. The van der Waals surface area contributed by atoms with Crippen LogP contribution in [0.4, 0.5) is 13.2 Å². The molecule has 0 saturated heterocycles. The molecule has 0 aromatic heterocycles. The topological polar surface area (TPSA) is 47.6 Å². The number of halogens is 3. The van der Waals surface area contributed by atoms with E-state index in [4.69, 9.17) is 9.47 Å². The van der Waals surface area contributed by atoms with Gasteiger partial charge in [0.05, 0.1) is 0 Å². The molecule has 1 N–H and O–H groups in total. The zero-order valence-corrected chi connectivity index (χ0v) is 14.8. The van der Waals surface area contributed by atoms with Crippen LogP contribution in [0.2, 0.25) is 0 Å². The third-order valence-corrected chi connectivity index (χ3v) is 4.55. The van der Waals surface area contributed by atoms with E-state index in [1.54, 1.807) is 24.3 Å². The van der Waals surface area contributed by atoms with Crippen LogP contribution in [-0.2, 0) is 4.79 Å². The summed E-state index contributed by atoms with van der Waals surface area (Å²) in [5, 5.41) is 2.10. The number of nitrogens with one attached hydrogen (secondary N) is 1. The number of benzene rings is 2. The van der Waals surface area contributed by atoms with Crippen LogP contribution in [0.25, 0.3) is 0 Å². The van der Waals surface area contributed by atoms with Crippen molar-refractivity contribution in [3.8, 4) is 17.2 Å². The highest BCUT2D eigenvalue weighted by molar-refractivity contribution is 5.78. The van der Waals surface area contributed by atoms with Crippen molar-refractivity contribution in [1.82, 2.24) is 5.32 Å². The lowest BCUT2D eigenvalue weighted by Crippen LogP contribution is -2.59. The summed E-state index contributed by atoms with van der Waals surface area (Å²) in [6, 6.07) is 15.7. The van der Waals surface area contributed by atoms with E-state index in [0.717, 1.165) is 6.92 Å². The van der Waals surface area contributed by atoms with E-state index < -0.39 is 30.1 Å². The number of carbonyl (C=O) groups excluding carboxylic acids is 1. The first-order valence-electron chi connectivity index (χ1n) is 8.61. The molecule has 0 radical (unpaired) electrons. The molecule has 3 rings (SSSR count).